The van der Waals surface area contributed by atoms with E-state index >= 15 is 0 Å². The molecular formula is C15H17ClN4O2S2. The molecule has 0 saturated carbocycles. The van der Waals surface area contributed by atoms with Crippen LogP contribution < -0.4 is 9.62 Å². The minimum Gasteiger partial charge on any atom is -0.372 e. The minimum absolute atomic E-state index is 0.0332. The first-order chi connectivity index (χ1) is 11.5. The highest BCUT2D eigenvalue weighted by molar-refractivity contribution is 7.92. The monoisotopic (exact) mass is 384 g/mol. The van der Waals surface area contributed by atoms with Gasteiger partial charge in [0.15, 0.2) is 15.1 Å². The fourth-order valence-corrected chi connectivity index (χ4v) is 5.03. The molecule has 9 heteroatoms. The van der Waals surface area contributed by atoms with Gasteiger partial charge in [-0.15, -0.1) is 11.3 Å². The maximum atomic E-state index is 12.7. The standard InChI is InChI=1S/C15H17ClN4O2S2/c1-3-19(4-2)12-7-5-11(6-8-12)18-24(21,22)14-13(16)17-15-20(14)9-10-23-15/h5-10,18H,3-4H2,1-2H3. The van der Waals surface area contributed by atoms with Crippen molar-refractivity contribution in [2.24, 2.45) is 0 Å². The molecule has 0 aliphatic rings. The number of sulfonamides is 1. The van der Waals surface area contributed by atoms with E-state index in [0.717, 1.165) is 18.8 Å². The van der Waals surface area contributed by atoms with Gasteiger partial charge in [0, 0.05) is 36.0 Å². The van der Waals surface area contributed by atoms with Crippen LogP contribution in [0.1, 0.15) is 13.8 Å². The summed E-state index contributed by atoms with van der Waals surface area (Å²) in [6.07, 6.45) is 1.64. The molecule has 24 heavy (non-hydrogen) atoms. The van der Waals surface area contributed by atoms with Crippen LogP contribution in [0.2, 0.25) is 5.15 Å². The zero-order valence-electron chi connectivity index (χ0n) is 13.2. The SMILES string of the molecule is CCN(CC)c1ccc(NS(=O)(=O)c2c(Cl)nc3sccn23)cc1. The molecular weight excluding hydrogens is 368 g/mol. The second kappa shape index (κ2) is 6.62. The molecule has 1 aromatic carbocycles. The third-order valence-corrected chi connectivity index (χ3v) is 6.22. The number of hydrogen-bond acceptors (Lipinski definition) is 5. The highest BCUT2D eigenvalue weighted by Crippen LogP contribution is 2.27. The maximum Gasteiger partial charge on any atom is 0.281 e. The van der Waals surface area contributed by atoms with Gasteiger partial charge in [0.1, 0.15) is 0 Å². The molecule has 3 aromatic rings. The van der Waals surface area contributed by atoms with Gasteiger partial charge in [0.25, 0.3) is 10.0 Å². The fourth-order valence-electron chi connectivity index (χ4n) is 2.51. The number of aromatic nitrogens is 2. The summed E-state index contributed by atoms with van der Waals surface area (Å²) < 4.78 is 29.4. The van der Waals surface area contributed by atoms with Gasteiger partial charge in [0.05, 0.1) is 0 Å². The Morgan fingerprint density at radius 1 is 1.25 bits per heavy atom. The van der Waals surface area contributed by atoms with Crippen LogP contribution in [0.25, 0.3) is 4.96 Å². The highest BCUT2D eigenvalue weighted by Gasteiger charge is 2.25. The predicted molar refractivity (Wildman–Crippen MR) is 98.9 cm³/mol. The maximum absolute atomic E-state index is 12.7. The molecule has 3 rings (SSSR count). The van der Waals surface area contributed by atoms with Crippen molar-refractivity contribution in [1.82, 2.24) is 9.38 Å². The topological polar surface area (TPSA) is 66.7 Å². The van der Waals surface area contributed by atoms with Crippen LogP contribution in [0.5, 0.6) is 0 Å². The molecule has 1 N–H and O–H groups in total. The quantitative estimate of drug-likeness (QED) is 0.703. The van der Waals surface area contributed by atoms with Crippen molar-refractivity contribution in [2.45, 2.75) is 18.9 Å². The predicted octanol–water partition coefficient (Wildman–Crippen LogP) is 3.70. The lowest BCUT2D eigenvalue weighted by Gasteiger charge is -2.21. The van der Waals surface area contributed by atoms with Crippen molar-refractivity contribution >= 4 is 49.3 Å². The summed E-state index contributed by atoms with van der Waals surface area (Å²) in [5.74, 6) is 0. The lowest BCUT2D eigenvalue weighted by Crippen LogP contribution is -2.21. The minimum atomic E-state index is -3.83. The van der Waals surface area contributed by atoms with E-state index in [-0.39, 0.29) is 10.2 Å². The number of rotatable bonds is 6. The van der Waals surface area contributed by atoms with E-state index in [1.165, 1.54) is 15.7 Å². The highest BCUT2D eigenvalue weighted by atomic mass is 35.5. The average Bonchev–Trinajstić information content (AvgIpc) is 3.09. The van der Waals surface area contributed by atoms with Crippen molar-refractivity contribution in [2.75, 3.05) is 22.7 Å². The first-order valence-electron chi connectivity index (χ1n) is 7.45. The summed E-state index contributed by atoms with van der Waals surface area (Å²) in [7, 11) is -3.83. The largest absolute Gasteiger partial charge is 0.372 e. The number of hydrogen-bond donors (Lipinski definition) is 1. The molecule has 0 aliphatic carbocycles. The van der Waals surface area contributed by atoms with Gasteiger partial charge in [0.2, 0.25) is 0 Å². The van der Waals surface area contributed by atoms with Gasteiger partial charge >= 0.3 is 0 Å². The van der Waals surface area contributed by atoms with Crippen LogP contribution in [-0.2, 0) is 10.0 Å². The second-order valence-electron chi connectivity index (χ2n) is 5.09. The van der Waals surface area contributed by atoms with Gasteiger partial charge < -0.3 is 4.90 Å². The lowest BCUT2D eigenvalue weighted by molar-refractivity contribution is 0.596. The van der Waals surface area contributed by atoms with Crippen molar-refractivity contribution in [3.8, 4) is 0 Å². The number of imidazole rings is 1. The number of nitrogens with zero attached hydrogens (tertiary/aromatic N) is 3. The molecule has 0 aliphatic heterocycles. The summed E-state index contributed by atoms with van der Waals surface area (Å²) in [5.41, 5.74) is 1.53. The number of anilines is 2. The van der Waals surface area contributed by atoms with Gasteiger partial charge in [-0.3, -0.25) is 9.12 Å². The molecule has 0 spiro atoms. The Morgan fingerprint density at radius 2 is 1.92 bits per heavy atom. The van der Waals surface area contributed by atoms with Crippen molar-refractivity contribution in [1.29, 1.82) is 0 Å². The van der Waals surface area contributed by atoms with Crippen LogP contribution in [0.4, 0.5) is 11.4 Å². The number of halogens is 1. The number of thiazole rings is 1. The summed E-state index contributed by atoms with van der Waals surface area (Å²) in [5, 5.41) is 1.68. The Labute approximate surface area is 149 Å². The number of fused-ring (bicyclic) bond motifs is 1. The Hall–Kier alpha value is -1.77. The molecule has 0 radical (unpaired) electrons. The summed E-state index contributed by atoms with van der Waals surface area (Å²) in [4.78, 5) is 6.78. The second-order valence-corrected chi connectivity index (χ2v) is 7.92. The molecule has 0 unspecified atom stereocenters. The smallest absolute Gasteiger partial charge is 0.281 e. The van der Waals surface area contributed by atoms with E-state index in [1.54, 1.807) is 23.7 Å². The Bertz CT molecular complexity index is 944. The van der Waals surface area contributed by atoms with Crippen LogP contribution in [0.3, 0.4) is 0 Å². The Morgan fingerprint density at radius 3 is 2.54 bits per heavy atom. The van der Waals surface area contributed by atoms with Gasteiger partial charge in [-0.2, -0.15) is 8.42 Å². The van der Waals surface area contributed by atoms with Gasteiger partial charge in [-0.1, -0.05) is 11.6 Å². The fraction of sp³-hybridized carbons (Fsp3) is 0.267. The Balaban J connectivity index is 1.90. The van der Waals surface area contributed by atoms with E-state index < -0.39 is 10.0 Å². The van der Waals surface area contributed by atoms with Gasteiger partial charge in [-0.25, -0.2) is 4.98 Å². The van der Waals surface area contributed by atoms with Crippen LogP contribution >= 0.6 is 22.9 Å². The molecule has 0 amide bonds. The zero-order valence-corrected chi connectivity index (χ0v) is 15.6. The first-order valence-corrected chi connectivity index (χ1v) is 10.2. The third-order valence-electron chi connectivity index (χ3n) is 3.68. The molecule has 6 nitrogen and oxygen atoms in total. The summed E-state index contributed by atoms with van der Waals surface area (Å²) in [6.45, 7) is 5.94. The molecule has 0 saturated heterocycles. The van der Waals surface area contributed by atoms with Crippen LogP contribution in [-0.4, -0.2) is 30.9 Å². The molecule has 0 bridgehead atoms. The van der Waals surface area contributed by atoms with Crippen molar-refractivity contribution < 1.29 is 8.42 Å². The molecule has 0 fully saturated rings. The van der Waals surface area contributed by atoms with E-state index in [9.17, 15) is 8.42 Å². The van der Waals surface area contributed by atoms with Crippen LogP contribution in [0, 0.1) is 0 Å². The average molecular weight is 385 g/mol. The van der Waals surface area contributed by atoms with Crippen molar-refractivity contribution in [3.63, 3.8) is 0 Å². The summed E-state index contributed by atoms with van der Waals surface area (Å²) in [6, 6.07) is 7.27. The van der Waals surface area contributed by atoms with Crippen molar-refractivity contribution in [3.05, 3.63) is 41.0 Å². The lowest BCUT2D eigenvalue weighted by atomic mass is 10.2. The van der Waals surface area contributed by atoms with E-state index in [0.29, 0.717) is 10.6 Å². The molecule has 2 heterocycles. The number of benzene rings is 1. The van der Waals surface area contributed by atoms with E-state index in [4.69, 9.17) is 11.6 Å². The first kappa shape index (κ1) is 17.1. The Kier molecular flexibility index (Phi) is 4.71. The molecule has 0 atom stereocenters. The third kappa shape index (κ3) is 3.09. The molecule has 2 aromatic heterocycles. The summed E-state index contributed by atoms with van der Waals surface area (Å²) >= 11 is 7.34. The molecule has 128 valence electrons. The zero-order chi connectivity index (χ0) is 17.3. The normalized spacial score (nSPS) is 11.8. The van der Waals surface area contributed by atoms with Gasteiger partial charge in [-0.05, 0) is 38.1 Å². The van der Waals surface area contributed by atoms with E-state index in [1.807, 2.05) is 12.1 Å². The number of nitrogens with one attached hydrogen (secondary N) is 1. The van der Waals surface area contributed by atoms with E-state index in [2.05, 4.69) is 28.5 Å². The van der Waals surface area contributed by atoms with Crippen LogP contribution in [0.15, 0.2) is 40.9 Å².